The lowest BCUT2D eigenvalue weighted by atomic mass is 9.48. The lowest BCUT2D eigenvalue weighted by molar-refractivity contribution is -0.148. The second-order valence-electron chi connectivity index (χ2n) is 9.85. The number of fused-ring (bicyclic) bond motifs is 5. The third-order valence-electron chi connectivity index (χ3n) is 8.42. The molecule has 6 unspecified atom stereocenters. The quantitative estimate of drug-likeness (QED) is 0.295. The zero-order chi connectivity index (χ0) is 20.1. The van der Waals surface area contributed by atoms with Crippen molar-refractivity contribution in [2.75, 3.05) is 0 Å². The van der Waals surface area contributed by atoms with Crippen LogP contribution in [-0.2, 0) is 19.2 Å². The first kappa shape index (κ1) is 19.7. The van der Waals surface area contributed by atoms with E-state index in [0.29, 0.717) is 17.8 Å². The van der Waals surface area contributed by atoms with Gasteiger partial charge in [0.2, 0.25) is 0 Å². The molecule has 0 heterocycles. The third-order valence-corrected chi connectivity index (χ3v) is 8.42. The van der Waals surface area contributed by atoms with E-state index in [1.54, 1.807) is 0 Å². The normalized spacial score (nSPS) is 43.4. The van der Waals surface area contributed by atoms with E-state index < -0.39 is 0 Å². The molecule has 0 spiro atoms. The summed E-state index contributed by atoms with van der Waals surface area (Å²) in [7, 11) is 0. The fourth-order valence-corrected chi connectivity index (χ4v) is 7.02. The second kappa shape index (κ2) is 7.00. The van der Waals surface area contributed by atoms with Crippen LogP contribution in [0.25, 0.3) is 0 Å². The molecule has 0 aromatic rings. The van der Waals surface area contributed by atoms with E-state index in [9.17, 15) is 9.59 Å². The molecule has 0 aliphatic heterocycles. The molecule has 5 nitrogen and oxygen atoms in total. The van der Waals surface area contributed by atoms with E-state index in [-0.39, 0.29) is 28.9 Å². The van der Waals surface area contributed by atoms with Gasteiger partial charge in [0.15, 0.2) is 0 Å². The molecule has 154 valence electrons. The van der Waals surface area contributed by atoms with E-state index in [0.717, 1.165) is 50.7 Å². The minimum Gasteiger partial charge on any atom is -0.462 e. The summed E-state index contributed by atoms with van der Waals surface area (Å²) in [6, 6.07) is 0. The molecule has 0 bridgehead atoms. The molecule has 3 saturated carbocycles. The van der Waals surface area contributed by atoms with Crippen LogP contribution in [-0.4, -0.2) is 23.8 Å². The maximum Gasteiger partial charge on any atom is 0.331 e. The van der Waals surface area contributed by atoms with Gasteiger partial charge in [0.1, 0.15) is 6.10 Å². The monoisotopic (exact) mass is 387 g/mol. The first-order valence-electron chi connectivity index (χ1n) is 10.9. The maximum absolute atomic E-state index is 11.4. The van der Waals surface area contributed by atoms with E-state index >= 15 is 0 Å². The van der Waals surface area contributed by atoms with Crippen molar-refractivity contribution in [1.82, 2.24) is 0 Å². The van der Waals surface area contributed by atoms with Crippen molar-refractivity contribution in [3.63, 3.8) is 0 Å². The molecule has 0 radical (unpaired) electrons. The van der Waals surface area contributed by atoms with Gasteiger partial charge in [-0.1, -0.05) is 30.7 Å². The number of oxime groups is 1. The number of esters is 1. The van der Waals surface area contributed by atoms with E-state index in [2.05, 4.69) is 25.1 Å². The number of hydrogen-bond acceptors (Lipinski definition) is 5. The van der Waals surface area contributed by atoms with Crippen LogP contribution in [0.4, 0.5) is 0 Å². The lowest BCUT2D eigenvalue weighted by Crippen LogP contribution is -2.50. The molecule has 28 heavy (non-hydrogen) atoms. The molecule has 0 amide bonds. The Morgan fingerprint density at radius 2 is 1.75 bits per heavy atom. The Hall–Kier alpha value is -1.65. The van der Waals surface area contributed by atoms with E-state index in [4.69, 9.17) is 9.57 Å². The number of hydrogen-bond donors (Lipinski definition) is 0. The van der Waals surface area contributed by atoms with Crippen LogP contribution in [0.5, 0.6) is 0 Å². The standard InChI is InChI=1S/C23H33NO4/c1-14(25)27-17-9-11-22(3)16(13-17)5-6-18-19-7-8-21(24-28-15(2)26)23(19,4)12-10-20(18)22/h5,17-20H,6-13H2,1-4H3. The lowest BCUT2D eigenvalue weighted by Gasteiger charge is -2.57. The molecule has 4 aliphatic carbocycles. The highest BCUT2D eigenvalue weighted by Crippen LogP contribution is 2.64. The predicted molar refractivity (Wildman–Crippen MR) is 106 cm³/mol. The van der Waals surface area contributed by atoms with Crippen LogP contribution >= 0.6 is 0 Å². The molecule has 5 heteroatoms. The molecular formula is C23H33NO4. The Labute approximate surface area is 167 Å². The van der Waals surface area contributed by atoms with E-state index in [1.165, 1.54) is 25.8 Å². The summed E-state index contributed by atoms with van der Waals surface area (Å²) in [5.74, 6) is 1.47. The topological polar surface area (TPSA) is 65.0 Å². The zero-order valence-corrected chi connectivity index (χ0v) is 17.6. The smallest absolute Gasteiger partial charge is 0.331 e. The van der Waals surface area contributed by atoms with Crippen molar-refractivity contribution in [3.8, 4) is 0 Å². The predicted octanol–water partition coefficient (Wildman–Crippen LogP) is 4.80. The van der Waals surface area contributed by atoms with Gasteiger partial charge in [-0.15, -0.1) is 0 Å². The van der Waals surface area contributed by atoms with Crippen molar-refractivity contribution in [2.45, 2.75) is 85.2 Å². The fraction of sp³-hybridized carbons (Fsp3) is 0.783. The van der Waals surface area contributed by atoms with Crippen molar-refractivity contribution in [2.24, 2.45) is 33.7 Å². The Balaban J connectivity index is 1.56. The van der Waals surface area contributed by atoms with Gasteiger partial charge in [-0.3, -0.25) is 4.79 Å². The van der Waals surface area contributed by atoms with Gasteiger partial charge in [-0.05, 0) is 68.1 Å². The highest BCUT2D eigenvalue weighted by molar-refractivity contribution is 5.92. The second-order valence-corrected chi connectivity index (χ2v) is 9.85. The molecule has 0 aromatic carbocycles. The molecule has 0 aromatic heterocycles. The van der Waals surface area contributed by atoms with Gasteiger partial charge in [-0.2, -0.15) is 0 Å². The van der Waals surface area contributed by atoms with Crippen molar-refractivity contribution >= 4 is 17.7 Å². The molecular weight excluding hydrogens is 354 g/mol. The highest BCUT2D eigenvalue weighted by Gasteiger charge is 2.58. The minimum absolute atomic E-state index is 0.0520. The van der Waals surface area contributed by atoms with Crippen molar-refractivity contribution < 1.29 is 19.2 Å². The average Bonchev–Trinajstić information content (AvgIpc) is 2.96. The van der Waals surface area contributed by atoms with Gasteiger partial charge in [0.05, 0.1) is 5.71 Å². The van der Waals surface area contributed by atoms with Crippen LogP contribution in [0.3, 0.4) is 0 Å². The van der Waals surface area contributed by atoms with Crippen molar-refractivity contribution in [1.29, 1.82) is 0 Å². The van der Waals surface area contributed by atoms with Crippen molar-refractivity contribution in [3.05, 3.63) is 11.6 Å². The Morgan fingerprint density at radius 1 is 1.04 bits per heavy atom. The zero-order valence-electron chi connectivity index (χ0n) is 17.6. The number of carbonyl (C=O) groups is 2. The number of carbonyl (C=O) groups excluding carboxylic acids is 2. The highest BCUT2D eigenvalue weighted by atomic mass is 16.7. The van der Waals surface area contributed by atoms with E-state index in [1.807, 2.05) is 0 Å². The van der Waals surface area contributed by atoms with Gasteiger partial charge in [0.25, 0.3) is 0 Å². The minimum atomic E-state index is -0.337. The van der Waals surface area contributed by atoms with Gasteiger partial charge < -0.3 is 9.57 Å². The largest absolute Gasteiger partial charge is 0.462 e. The molecule has 4 rings (SSSR count). The summed E-state index contributed by atoms with van der Waals surface area (Å²) < 4.78 is 5.53. The fourth-order valence-electron chi connectivity index (χ4n) is 7.02. The third kappa shape index (κ3) is 3.11. The maximum atomic E-state index is 11.4. The average molecular weight is 388 g/mol. The summed E-state index contributed by atoms with van der Waals surface area (Å²) >= 11 is 0. The number of allylic oxidation sites excluding steroid dienone is 1. The van der Waals surface area contributed by atoms with Gasteiger partial charge >= 0.3 is 11.9 Å². The number of nitrogens with zero attached hydrogens (tertiary/aromatic N) is 1. The van der Waals surface area contributed by atoms with Gasteiger partial charge in [0, 0.05) is 25.7 Å². The number of rotatable bonds is 2. The first-order valence-corrected chi connectivity index (χ1v) is 10.9. The summed E-state index contributed by atoms with van der Waals surface area (Å²) in [6.45, 7) is 7.71. The number of ether oxygens (including phenoxy) is 1. The summed E-state index contributed by atoms with van der Waals surface area (Å²) in [5.41, 5.74) is 2.90. The van der Waals surface area contributed by atoms with Crippen LogP contribution in [0.1, 0.15) is 79.1 Å². The van der Waals surface area contributed by atoms with Crippen LogP contribution in [0.15, 0.2) is 16.8 Å². The SMILES string of the molecule is CC(=O)ON=C1CCC2C3CC=C4CC(OC(C)=O)CCC4(C)C3CCC12C. The van der Waals surface area contributed by atoms with Crippen LogP contribution in [0.2, 0.25) is 0 Å². The summed E-state index contributed by atoms with van der Waals surface area (Å²) in [6.07, 6.45) is 11.0. The van der Waals surface area contributed by atoms with Gasteiger partial charge in [-0.25, -0.2) is 4.79 Å². The Bertz CT molecular complexity index is 741. The molecule has 0 saturated heterocycles. The summed E-state index contributed by atoms with van der Waals surface area (Å²) in [5, 5.41) is 4.26. The Kier molecular flexibility index (Phi) is 4.91. The Morgan fingerprint density at radius 3 is 2.46 bits per heavy atom. The van der Waals surface area contributed by atoms with Crippen LogP contribution < -0.4 is 0 Å². The molecule has 4 aliphatic rings. The molecule has 3 fully saturated rings. The molecule has 0 N–H and O–H groups in total. The molecule has 6 atom stereocenters. The first-order chi connectivity index (χ1) is 13.2. The summed E-state index contributed by atoms with van der Waals surface area (Å²) in [4.78, 5) is 27.6. The van der Waals surface area contributed by atoms with Crippen LogP contribution in [0, 0.1) is 28.6 Å².